The molecule has 168 valence electrons. The van der Waals surface area contributed by atoms with Crippen LogP contribution in [-0.4, -0.2) is 61.1 Å². The number of hydrogen-bond acceptors (Lipinski definition) is 7. The number of likely N-dealkylation sites (tertiary alicyclic amines) is 1. The molecule has 7 nitrogen and oxygen atoms in total. The van der Waals surface area contributed by atoms with E-state index in [9.17, 15) is 5.11 Å². The van der Waals surface area contributed by atoms with Gasteiger partial charge in [-0.3, -0.25) is 4.99 Å². The molecule has 3 atom stereocenters. The van der Waals surface area contributed by atoms with Crippen LogP contribution in [0.25, 0.3) is 0 Å². The lowest BCUT2D eigenvalue weighted by Gasteiger charge is -2.39. The summed E-state index contributed by atoms with van der Waals surface area (Å²) in [5.74, 6) is 2.37. The van der Waals surface area contributed by atoms with Crippen molar-refractivity contribution >= 4 is 11.5 Å². The highest BCUT2D eigenvalue weighted by Crippen LogP contribution is 2.53. The fourth-order valence-corrected chi connectivity index (χ4v) is 5.95. The Morgan fingerprint density at radius 1 is 1.19 bits per heavy atom. The first-order valence-corrected chi connectivity index (χ1v) is 11.5. The molecule has 3 N–H and O–H groups in total. The van der Waals surface area contributed by atoms with Gasteiger partial charge in [0.25, 0.3) is 0 Å². The minimum absolute atomic E-state index is 0.196. The van der Waals surface area contributed by atoms with E-state index >= 15 is 0 Å². The van der Waals surface area contributed by atoms with Crippen LogP contribution in [-0.2, 0) is 5.41 Å². The summed E-state index contributed by atoms with van der Waals surface area (Å²) in [6.07, 6.45) is 0.417. The van der Waals surface area contributed by atoms with Crippen molar-refractivity contribution in [1.29, 1.82) is 0 Å². The van der Waals surface area contributed by atoms with Crippen molar-refractivity contribution in [3.63, 3.8) is 0 Å². The number of rotatable bonds is 3. The zero-order valence-electron chi connectivity index (χ0n) is 18.6. The van der Waals surface area contributed by atoms with Crippen LogP contribution < -0.4 is 20.1 Å². The number of benzene rings is 2. The average molecular weight is 435 g/mol. The molecule has 2 aromatic rings. The first-order chi connectivity index (χ1) is 15.5. The minimum Gasteiger partial charge on any atom is -0.454 e. The highest BCUT2D eigenvalue weighted by Gasteiger charge is 2.54. The number of nitrogens with zero attached hydrogens (tertiary/aromatic N) is 3. The number of para-hydroxylation sites is 1. The molecule has 4 heterocycles. The molecular weight excluding hydrogens is 404 g/mol. The zero-order valence-corrected chi connectivity index (χ0v) is 18.6. The van der Waals surface area contributed by atoms with Gasteiger partial charge in [-0.1, -0.05) is 18.2 Å². The molecule has 4 aliphatic rings. The van der Waals surface area contributed by atoms with Crippen LogP contribution in [0.15, 0.2) is 41.4 Å². The third-order valence-electron chi connectivity index (χ3n) is 7.70. The Morgan fingerprint density at radius 3 is 2.75 bits per heavy atom. The number of ether oxygens (including phenoxy) is 2. The summed E-state index contributed by atoms with van der Waals surface area (Å²) < 4.78 is 11.3. The second-order valence-electron chi connectivity index (χ2n) is 9.71. The molecule has 32 heavy (non-hydrogen) atoms. The molecule has 1 saturated heterocycles. The topological polar surface area (TPSA) is 83.6 Å². The van der Waals surface area contributed by atoms with Crippen LogP contribution >= 0.6 is 0 Å². The third kappa shape index (κ3) is 2.70. The van der Waals surface area contributed by atoms with Crippen LogP contribution in [0.5, 0.6) is 11.5 Å². The van der Waals surface area contributed by atoms with Gasteiger partial charge < -0.3 is 30.1 Å². The molecule has 0 aliphatic carbocycles. The van der Waals surface area contributed by atoms with Crippen molar-refractivity contribution in [2.45, 2.75) is 38.0 Å². The van der Waals surface area contributed by atoms with E-state index in [4.69, 9.17) is 15.2 Å². The SMILES string of the molecule is CC(C)N1CCC(CN2c3ccccc3C3(CN=C(N)c4cc5c(cc43)OCO5)C2O)C1. The van der Waals surface area contributed by atoms with Crippen molar-refractivity contribution < 1.29 is 14.6 Å². The lowest BCUT2D eigenvalue weighted by molar-refractivity contribution is 0.110. The number of anilines is 1. The second kappa shape index (κ2) is 7.12. The van der Waals surface area contributed by atoms with Gasteiger partial charge in [-0.25, -0.2) is 0 Å². The van der Waals surface area contributed by atoms with E-state index < -0.39 is 11.6 Å². The van der Waals surface area contributed by atoms with Crippen molar-refractivity contribution in [1.82, 2.24) is 4.90 Å². The van der Waals surface area contributed by atoms with E-state index in [1.165, 1.54) is 0 Å². The van der Waals surface area contributed by atoms with E-state index in [-0.39, 0.29) is 6.79 Å². The largest absolute Gasteiger partial charge is 0.454 e. The Bertz CT molecular complexity index is 1100. The van der Waals surface area contributed by atoms with Gasteiger partial charge in [-0.05, 0) is 62.1 Å². The molecular formula is C25H30N4O3. The predicted octanol–water partition coefficient (Wildman–Crippen LogP) is 2.29. The van der Waals surface area contributed by atoms with Gasteiger partial charge >= 0.3 is 0 Å². The summed E-state index contributed by atoms with van der Waals surface area (Å²) >= 11 is 0. The Hall–Kier alpha value is -2.77. The Labute approximate surface area is 188 Å². The van der Waals surface area contributed by atoms with Crippen LogP contribution in [0.4, 0.5) is 5.69 Å². The highest BCUT2D eigenvalue weighted by molar-refractivity contribution is 6.01. The minimum atomic E-state index is -0.732. The monoisotopic (exact) mass is 434 g/mol. The maximum absolute atomic E-state index is 11.9. The number of aliphatic hydroxyl groups is 1. The zero-order chi connectivity index (χ0) is 22.0. The standard InChI is InChI=1S/C25H30N4O3/c1-15(2)28-8-7-16(11-28)12-29-20-6-4-3-5-18(20)25(24(29)30)13-27-23(26)17-9-21-22(10-19(17)25)32-14-31-21/h3-6,9-10,15-16,24,30H,7-8,11-14H2,1-2H3,(H2,26,27). The molecule has 7 heteroatoms. The molecule has 2 aromatic carbocycles. The lowest BCUT2D eigenvalue weighted by atomic mass is 9.71. The molecule has 0 aromatic heterocycles. The summed E-state index contributed by atoms with van der Waals surface area (Å²) in [5.41, 5.74) is 9.60. The number of aliphatic imine (C=N–C) groups is 1. The fourth-order valence-electron chi connectivity index (χ4n) is 5.95. The maximum atomic E-state index is 11.9. The van der Waals surface area contributed by atoms with Crippen molar-refractivity contribution in [2.24, 2.45) is 16.6 Å². The van der Waals surface area contributed by atoms with Gasteiger partial charge in [0.2, 0.25) is 6.79 Å². The Morgan fingerprint density at radius 2 is 1.97 bits per heavy atom. The van der Waals surface area contributed by atoms with Crippen molar-refractivity contribution in [3.8, 4) is 11.5 Å². The van der Waals surface area contributed by atoms with Crippen LogP contribution in [0, 0.1) is 5.92 Å². The molecule has 0 saturated carbocycles. The summed E-state index contributed by atoms with van der Waals surface area (Å²) in [6.45, 7) is 8.11. The highest BCUT2D eigenvalue weighted by atomic mass is 16.7. The van der Waals surface area contributed by atoms with E-state index in [2.05, 4.69) is 40.8 Å². The Kier molecular flexibility index (Phi) is 4.42. The number of hydrogen-bond donors (Lipinski definition) is 2. The first-order valence-electron chi connectivity index (χ1n) is 11.5. The number of aliphatic hydroxyl groups excluding tert-OH is 1. The maximum Gasteiger partial charge on any atom is 0.231 e. The second-order valence-corrected chi connectivity index (χ2v) is 9.71. The molecule has 3 unspecified atom stereocenters. The van der Waals surface area contributed by atoms with Gasteiger partial charge in [-0.2, -0.15) is 0 Å². The summed E-state index contributed by atoms with van der Waals surface area (Å²) in [5, 5.41) is 11.9. The molecule has 4 aliphatic heterocycles. The van der Waals surface area contributed by atoms with Gasteiger partial charge in [0, 0.05) is 30.4 Å². The van der Waals surface area contributed by atoms with Crippen LogP contribution in [0.1, 0.15) is 37.0 Å². The smallest absolute Gasteiger partial charge is 0.231 e. The van der Waals surface area contributed by atoms with Crippen LogP contribution in [0.2, 0.25) is 0 Å². The van der Waals surface area contributed by atoms with Gasteiger partial charge in [-0.15, -0.1) is 0 Å². The number of nitrogens with two attached hydrogens (primary N) is 1. The summed E-state index contributed by atoms with van der Waals surface area (Å²) in [6, 6.07) is 12.8. The third-order valence-corrected chi connectivity index (χ3v) is 7.70. The molecule has 0 radical (unpaired) electrons. The van der Waals surface area contributed by atoms with Crippen LogP contribution in [0.3, 0.4) is 0 Å². The Balaban J connectivity index is 1.43. The summed E-state index contributed by atoms with van der Waals surface area (Å²) in [4.78, 5) is 9.40. The van der Waals surface area contributed by atoms with E-state index in [1.807, 2.05) is 24.3 Å². The van der Waals surface area contributed by atoms with Crippen molar-refractivity contribution in [3.05, 3.63) is 53.1 Å². The van der Waals surface area contributed by atoms with Crippen molar-refractivity contribution in [2.75, 3.05) is 37.9 Å². The quantitative estimate of drug-likeness (QED) is 0.771. The molecule has 1 spiro atoms. The van der Waals surface area contributed by atoms with E-state index in [1.54, 1.807) is 0 Å². The van der Waals surface area contributed by atoms with Gasteiger partial charge in [0.05, 0.1) is 12.0 Å². The fraction of sp³-hybridized carbons (Fsp3) is 0.480. The first kappa shape index (κ1) is 19.9. The molecule has 0 amide bonds. The number of fused-ring (bicyclic) bond motifs is 5. The van der Waals surface area contributed by atoms with E-state index in [0.717, 1.165) is 48.4 Å². The van der Waals surface area contributed by atoms with Gasteiger partial charge in [0.1, 0.15) is 12.1 Å². The number of amidine groups is 1. The molecule has 6 rings (SSSR count). The molecule has 1 fully saturated rings. The normalized spacial score (nSPS) is 28.4. The lowest BCUT2D eigenvalue weighted by Crippen LogP contribution is -2.51. The predicted molar refractivity (Wildman–Crippen MR) is 124 cm³/mol. The average Bonchev–Trinajstić information content (AvgIpc) is 3.50. The summed E-state index contributed by atoms with van der Waals surface area (Å²) in [7, 11) is 0. The molecule has 0 bridgehead atoms. The van der Waals surface area contributed by atoms with Gasteiger partial charge in [0.15, 0.2) is 11.5 Å². The van der Waals surface area contributed by atoms with E-state index in [0.29, 0.717) is 35.8 Å².